The molecule has 1 N–H and O–H groups in total. The molecular formula is C86H126O13Si3. The molecule has 7 fully saturated rings. The van der Waals surface area contributed by atoms with Crippen molar-refractivity contribution in [1.29, 1.82) is 0 Å². The van der Waals surface area contributed by atoms with Gasteiger partial charge >= 0.3 is 0 Å². The molecule has 560 valence electrons. The maximum absolute atomic E-state index is 10.9. The summed E-state index contributed by atoms with van der Waals surface area (Å²) in [5, 5.41) is 15.7. The van der Waals surface area contributed by atoms with E-state index in [-0.39, 0.29) is 143 Å². The molecule has 0 spiro atoms. The Morgan fingerprint density at radius 2 is 1.03 bits per heavy atom. The Balaban J connectivity index is 0.676. The summed E-state index contributed by atoms with van der Waals surface area (Å²) in [6.07, 6.45) is 18.4. The zero-order valence-electron chi connectivity index (χ0n) is 64.5. The lowest BCUT2D eigenvalue weighted by atomic mass is 9.77. The minimum Gasteiger partial charge on any atom is -0.411 e. The molecule has 13 nitrogen and oxygen atoms in total. The first-order valence-electron chi connectivity index (χ1n) is 39.7. The fourth-order valence-electron chi connectivity index (χ4n) is 19.6. The minimum atomic E-state index is -2.97. The largest absolute Gasteiger partial charge is 0.411 e. The van der Waals surface area contributed by atoms with E-state index in [1.165, 1.54) is 20.7 Å². The topological polar surface area (TPSA) is 131 Å². The van der Waals surface area contributed by atoms with Gasteiger partial charge in [-0.1, -0.05) is 222 Å². The first-order chi connectivity index (χ1) is 48.6. The second-order valence-corrected chi connectivity index (χ2v) is 49.6. The van der Waals surface area contributed by atoms with Gasteiger partial charge in [0.1, 0.15) is 12.2 Å². The molecule has 0 bridgehead atoms. The number of benzene rings is 4. The summed E-state index contributed by atoms with van der Waals surface area (Å²) >= 11 is 0. The van der Waals surface area contributed by atoms with E-state index in [1.807, 2.05) is 0 Å². The molecule has 13 rings (SSSR count). The van der Waals surface area contributed by atoms with Gasteiger partial charge in [-0.25, -0.2) is 0 Å². The molecule has 9 aliphatic heterocycles. The lowest BCUT2D eigenvalue weighted by Gasteiger charge is -2.56. The zero-order chi connectivity index (χ0) is 72.0. The van der Waals surface area contributed by atoms with Crippen molar-refractivity contribution in [3.63, 3.8) is 0 Å². The summed E-state index contributed by atoms with van der Waals surface area (Å²) in [5.74, 6) is 0.403. The highest BCUT2D eigenvalue weighted by molar-refractivity contribution is 7.00. The fraction of sp³-hybridized carbons (Fsp3) is 0.674. The van der Waals surface area contributed by atoms with Gasteiger partial charge < -0.3 is 61.0 Å². The van der Waals surface area contributed by atoms with Gasteiger partial charge in [-0.2, -0.15) is 0 Å². The highest BCUT2D eigenvalue weighted by atomic mass is 28.4. The summed E-state index contributed by atoms with van der Waals surface area (Å²) in [4.78, 5) is 0. The molecule has 9 aliphatic rings. The third kappa shape index (κ3) is 15.9. The average molecular weight is 1450 g/mol. The molecule has 0 saturated carbocycles. The van der Waals surface area contributed by atoms with Gasteiger partial charge in [0, 0.05) is 38.9 Å². The smallest absolute Gasteiger partial charge is 0.261 e. The number of ether oxygens (including phenoxy) is 9. The van der Waals surface area contributed by atoms with Crippen LogP contribution < -0.4 is 20.7 Å². The molecule has 7 saturated heterocycles. The van der Waals surface area contributed by atoms with Crippen LogP contribution in [0.1, 0.15) is 193 Å². The van der Waals surface area contributed by atoms with E-state index in [9.17, 15) is 5.11 Å². The van der Waals surface area contributed by atoms with E-state index in [2.05, 4.69) is 249 Å². The minimum absolute atomic E-state index is 0.00340. The van der Waals surface area contributed by atoms with Gasteiger partial charge in [-0.3, -0.25) is 0 Å². The van der Waals surface area contributed by atoms with Crippen molar-refractivity contribution in [2.24, 2.45) is 11.8 Å². The molecule has 4 aromatic rings. The van der Waals surface area contributed by atoms with Crippen LogP contribution in [-0.4, -0.2) is 164 Å². The Hall–Kier alpha value is -3.51. The molecule has 9 heterocycles. The Kier molecular flexibility index (Phi) is 23.5. The first kappa shape index (κ1) is 76.7. The number of hydrogen-bond acceptors (Lipinski definition) is 13. The molecule has 102 heavy (non-hydrogen) atoms. The highest BCUT2D eigenvalue weighted by Gasteiger charge is 2.60. The predicted molar refractivity (Wildman–Crippen MR) is 413 cm³/mol. The van der Waals surface area contributed by atoms with Crippen LogP contribution in [0.15, 0.2) is 146 Å². The molecule has 0 amide bonds. The van der Waals surface area contributed by atoms with Crippen LogP contribution >= 0.6 is 0 Å². The molecule has 4 aromatic carbocycles. The zero-order valence-corrected chi connectivity index (χ0v) is 67.5. The quantitative estimate of drug-likeness (QED) is 0.0689. The van der Waals surface area contributed by atoms with Crippen LogP contribution in [0.4, 0.5) is 0 Å². The van der Waals surface area contributed by atoms with Crippen LogP contribution in [0.2, 0.25) is 28.2 Å². The Labute approximate surface area is 615 Å². The number of fused-ring (bicyclic) bond motifs is 8. The standard InChI is InChI=1S/C86H126O13Si3/c1-58-51-74(99-102(84(9,10)11,63-38-24-18-25-39-63)64-40-26-19-27-41-64)68(48-49-87)92-79-55-72-73(97-85(79,12)56-58)52-59(2)80-70(91-72)43-29-28-42-65-66(94-80)44-30-46-69-67(90-65)45-31-47-78-86(13,96-69)57-77-71(93-78)54-75-81(95-77)76(98-100(14,15)82(3,4)5)53-60(89-75)33-32-50-88-101(83(6,7)8,61-34-20-16-21-35-61)62-36-22-17-23-37-62/h16-30,34-41,46,58-60,65-81,87H,31-33,42-45,47-57H2,1-15H3/b29-28-,46-30-/t58-,59+,60-,65-,66+,67+,68-,69-,70+,71+,72-,73+,74+,75-,76+,77-,78-,79+,80-,81-,85-,86+/m1/s1. The third-order valence-corrected chi connectivity index (χ3v) is 40.3. The summed E-state index contributed by atoms with van der Waals surface area (Å²) in [5.41, 5.74) is -1.19. The summed E-state index contributed by atoms with van der Waals surface area (Å²) in [6.45, 7) is 35.7. The molecule has 0 aliphatic carbocycles. The van der Waals surface area contributed by atoms with Crippen LogP contribution in [0.5, 0.6) is 0 Å². The summed E-state index contributed by atoms with van der Waals surface area (Å²) in [7, 11) is -7.90. The Morgan fingerprint density at radius 3 is 1.64 bits per heavy atom. The Bertz CT molecular complexity index is 3320. The number of rotatable bonds is 15. The van der Waals surface area contributed by atoms with Crippen molar-refractivity contribution in [2.45, 2.75) is 342 Å². The normalized spacial score (nSPS) is 37.9. The van der Waals surface area contributed by atoms with E-state index in [0.29, 0.717) is 25.9 Å². The number of hydrogen-bond donors (Lipinski definition) is 1. The number of aliphatic hydroxyl groups excluding tert-OH is 1. The average Bonchev–Trinajstić information content (AvgIpc) is 0.829. The lowest BCUT2D eigenvalue weighted by Crippen LogP contribution is -2.69. The van der Waals surface area contributed by atoms with Crippen molar-refractivity contribution in [1.82, 2.24) is 0 Å². The van der Waals surface area contributed by atoms with Crippen LogP contribution in [0.25, 0.3) is 0 Å². The van der Waals surface area contributed by atoms with Crippen LogP contribution in [0.3, 0.4) is 0 Å². The first-order valence-corrected chi connectivity index (χ1v) is 46.4. The van der Waals surface area contributed by atoms with Crippen molar-refractivity contribution in [2.75, 3.05) is 13.2 Å². The van der Waals surface area contributed by atoms with E-state index < -0.39 is 36.2 Å². The van der Waals surface area contributed by atoms with Crippen molar-refractivity contribution in [3.05, 3.63) is 146 Å². The summed E-state index contributed by atoms with van der Waals surface area (Å²) < 4.78 is 89.8. The van der Waals surface area contributed by atoms with Gasteiger partial charge in [0.25, 0.3) is 16.6 Å². The van der Waals surface area contributed by atoms with Crippen LogP contribution in [0, 0.1) is 11.8 Å². The fourth-order valence-corrected chi connectivity index (χ4v) is 30.2. The third-order valence-electron chi connectivity index (χ3n) is 25.7. The maximum atomic E-state index is 10.9. The van der Waals surface area contributed by atoms with Gasteiger partial charge in [0.2, 0.25) is 0 Å². The van der Waals surface area contributed by atoms with Gasteiger partial charge in [0.05, 0.1) is 109 Å². The molecule has 22 atom stereocenters. The molecule has 0 aromatic heterocycles. The Morgan fingerprint density at radius 1 is 0.471 bits per heavy atom. The monoisotopic (exact) mass is 1450 g/mol. The van der Waals surface area contributed by atoms with Gasteiger partial charge in [0.15, 0.2) is 8.32 Å². The van der Waals surface area contributed by atoms with Crippen molar-refractivity contribution in [3.8, 4) is 0 Å². The SMILES string of the molecule is C[C@@H]1C[C@H](O[Si](c2ccccc2)(c2ccccc2)C(C)(C)C)[C@@H](CCO)O[C@H]2C[C@H]3O[C@H]4C/C=C\C[C@H]5O[C@H]6CCC[C@H]7O[C@H]8C[C@H]9O[C@H](CCCO[Si](c%10ccccc%10)(c%10ccccc%10)C(C)(C)C)C[C@H](O[Si](C)(C)C(C)(C)C)[C@@H]9O[C@@H]8C[C@]7(C)O[C@@H]6/C=C\C[C@@H]5O[C@@H]4[C@@H](C)C[C@@H]3O[C@]2(C)C1. The van der Waals surface area contributed by atoms with E-state index >= 15 is 0 Å². The van der Waals surface area contributed by atoms with Gasteiger partial charge in [-0.05, 0) is 152 Å². The van der Waals surface area contributed by atoms with E-state index in [0.717, 1.165) is 83.5 Å². The number of aliphatic hydroxyl groups is 1. The molecule has 16 heteroatoms. The maximum Gasteiger partial charge on any atom is 0.261 e. The highest BCUT2D eigenvalue weighted by Crippen LogP contribution is 2.51. The lowest BCUT2D eigenvalue weighted by molar-refractivity contribution is -0.315. The molecule has 0 unspecified atom stereocenters. The van der Waals surface area contributed by atoms with E-state index in [1.54, 1.807) is 0 Å². The van der Waals surface area contributed by atoms with Crippen LogP contribution in [-0.2, 0) is 55.9 Å². The van der Waals surface area contributed by atoms with E-state index in [4.69, 9.17) is 55.9 Å². The molecular weight excluding hydrogens is 1330 g/mol. The van der Waals surface area contributed by atoms with Gasteiger partial charge in [-0.15, -0.1) is 0 Å². The van der Waals surface area contributed by atoms with Crippen molar-refractivity contribution >= 4 is 45.7 Å². The molecule has 0 radical (unpaired) electrons. The van der Waals surface area contributed by atoms with Crippen molar-refractivity contribution < 1.29 is 61.0 Å². The summed E-state index contributed by atoms with van der Waals surface area (Å²) in [6, 6.07) is 43.7. The second kappa shape index (κ2) is 31.2. The second-order valence-electron chi connectivity index (χ2n) is 36.3. The predicted octanol–water partition coefficient (Wildman–Crippen LogP) is 15.2.